The summed E-state index contributed by atoms with van der Waals surface area (Å²) in [4.78, 5) is 22.3. The second kappa shape index (κ2) is 6.10. The van der Waals surface area contributed by atoms with Crippen LogP contribution in [-0.2, 0) is 11.3 Å². The first-order valence-corrected chi connectivity index (χ1v) is 5.61. The van der Waals surface area contributed by atoms with Crippen LogP contribution >= 0.6 is 0 Å². The van der Waals surface area contributed by atoms with Crippen LogP contribution in [0.15, 0.2) is 6.20 Å². The Balaban J connectivity index is 2.59. The molecular weight excluding hydrogens is 236 g/mol. The first-order valence-electron chi connectivity index (χ1n) is 5.61. The SMILES string of the molecule is CNC(=O)NC(=O)Cn1cc(C(N)C(C)C)nn1. The van der Waals surface area contributed by atoms with Crippen molar-refractivity contribution in [3.63, 3.8) is 0 Å². The highest BCUT2D eigenvalue weighted by atomic mass is 16.2. The molecule has 0 radical (unpaired) electrons. The minimum Gasteiger partial charge on any atom is -0.341 e. The monoisotopic (exact) mass is 254 g/mol. The highest BCUT2D eigenvalue weighted by Gasteiger charge is 2.15. The van der Waals surface area contributed by atoms with E-state index in [1.807, 2.05) is 13.8 Å². The lowest BCUT2D eigenvalue weighted by molar-refractivity contribution is -0.120. The second-order valence-corrected chi connectivity index (χ2v) is 4.24. The van der Waals surface area contributed by atoms with Crippen molar-refractivity contribution < 1.29 is 9.59 Å². The summed E-state index contributed by atoms with van der Waals surface area (Å²) < 4.78 is 1.34. The average molecular weight is 254 g/mol. The minimum atomic E-state index is -0.556. The molecule has 4 N–H and O–H groups in total. The van der Waals surface area contributed by atoms with Gasteiger partial charge < -0.3 is 11.1 Å². The number of amides is 3. The average Bonchev–Trinajstić information content (AvgIpc) is 2.75. The van der Waals surface area contributed by atoms with Crippen LogP contribution in [0.5, 0.6) is 0 Å². The van der Waals surface area contributed by atoms with E-state index in [2.05, 4.69) is 20.9 Å². The summed E-state index contributed by atoms with van der Waals surface area (Å²) in [5, 5.41) is 12.1. The summed E-state index contributed by atoms with van der Waals surface area (Å²) in [5.41, 5.74) is 6.53. The zero-order valence-corrected chi connectivity index (χ0v) is 10.7. The number of carbonyl (C=O) groups is 2. The molecule has 1 aromatic rings. The van der Waals surface area contributed by atoms with E-state index in [9.17, 15) is 9.59 Å². The lowest BCUT2D eigenvalue weighted by atomic mass is 10.0. The Kier molecular flexibility index (Phi) is 4.78. The number of hydrogen-bond donors (Lipinski definition) is 3. The molecule has 1 heterocycles. The lowest BCUT2D eigenvalue weighted by Gasteiger charge is -2.11. The van der Waals surface area contributed by atoms with E-state index < -0.39 is 11.9 Å². The third-order valence-electron chi connectivity index (χ3n) is 2.40. The molecule has 18 heavy (non-hydrogen) atoms. The third-order valence-corrected chi connectivity index (χ3v) is 2.40. The summed E-state index contributed by atoms with van der Waals surface area (Å²) in [6.07, 6.45) is 1.61. The van der Waals surface area contributed by atoms with Gasteiger partial charge in [0.05, 0.1) is 17.9 Å². The molecule has 0 saturated heterocycles. The van der Waals surface area contributed by atoms with Crippen LogP contribution < -0.4 is 16.4 Å². The topological polar surface area (TPSA) is 115 Å². The highest BCUT2D eigenvalue weighted by molar-refractivity contribution is 5.93. The lowest BCUT2D eigenvalue weighted by Crippen LogP contribution is -2.39. The molecule has 0 fully saturated rings. The van der Waals surface area contributed by atoms with Gasteiger partial charge in [0, 0.05) is 7.05 Å². The van der Waals surface area contributed by atoms with E-state index in [0.29, 0.717) is 5.69 Å². The summed E-state index contributed by atoms with van der Waals surface area (Å²) in [6.45, 7) is 3.87. The predicted octanol–water partition coefficient (Wildman–Crippen LogP) is -0.610. The predicted molar refractivity (Wildman–Crippen MR) is 64.4 cm³/mol. The molecular formula is C10H18N6O2. The van der Waals surface area contributed by atoms with Gasteiger partial charge in [-0.1, -0.05) is 19.1 Å². The maximum absolute atomic E-state index is 11.4. The molecule has 1 aromatic heterocycles. The highest BCUT2D eigenvalue weighted by Crippen LogP contribution is 2.15. The molecule has 0 aliphatic heterocycles. The number of nitrogens with one attached hydrogen (secondary N) is 2. The van der Waals surface area contributed by atoms with Gasteiger partial charge in [-0.15, -0.1) is 5.10 Å². The molecule has 3 amide bonds. The third kappa shape index (κ3) is 3.81. The zero-order chi connectivity index (χ0) is 13.7. The molecule has 100 valence electrons. The van der Waals surface area contributed by atoms with Gasteiger partial charge in [-0.25, -0.2) is 9.48 Å². The van der Waals surface area contributed by atoms with Crippen LogP contribution in [0.1, 0.15) is 25.6 Å². The van der Waals surface area contributed by atoms with Crippen molar-refractivity contribution in [2.75, 3.05) is 7.05 Å². The van der Waals surface area contributed by atoms with E-state index in [1.54, 1.807) is 6.20 Å². The van der Waals surface area contributed by atoms with Crippen molar-refractivity contribution in [1.82, 2.24) is 25.6 Å². The summed E-state index contributed by atoms with van der Waals surface area (Å²) in [5.74, 6) is -0.237. The molecule has 8 nitrogen and oxygen atoms in total. The number of rotatable bonds is 4. The molecule has 0 aromatic carbocycles. The van der Waals surface area contributed by atoms with Gasteiger partial charge in [0.1, 0.15) is 6.54 Å². The largest absolute Gasteiger partial charge is 0.341 e. The fourth-order valence-electron chi connectivity index (χ4n) is 1.26. The van der Waals surface area contributed by atoms with Crippen LogP contribution in [0.25, 0.3) is 0 Å². The standard InChI is InChI=1S/C10H18N6O2/c1-6(2)9(11)7-4-16(15-14-7)5-8(17)13-10(18)12-3/h4,6,9H,5,11H2,1-3H3,(H2,12,13,17,18). The Hall–Kier alpha value is -1.96. The maximum Gasteiger partial charge on any atom is 0.321 e. The quantitative estimate of drug-likeness (QED) is 0.663. The number of imide groups is 1. The number of urea groups is 1. The van der Waals surface area contributed by atoms with Gasteiger partial charge >= 0.3 is 6.03 Å². The smallest absolute Gasteiger partial charge is 0.321 e. The van der Waals surface area contributed by atoms with E-state index >= 15 is 0 Å². The zero-order valence-electron chi connectivity index (χ0n) is 10.7. The Bertz CT molecular complexity index is 428. The number of carbonyl (C=O) groups excluding carboxylic acids is 2. The summed E-state index contributed by atoms with van der Waals surface area (Å²) in [6, 6.07) is -0.778. The van der Waals surface area contributed by atoms with Gasteiger partial charge in [0.15, 0.2) is 0 Å². The van der Waals surface area contributed by atoms with Crippen molar-refractivity contribution in [2.45, 2.75) is 26.4 Å². The molecule has 0 bridgehead atoms. The molecule has 0 saturated carbocycles. The van der Waals surface area contributed by atoms with Gasteiger partial charge in [-0.05, 0) is 5.92 Å². The van der Waals surface area contributed by atoms with Gasteiger partial charge in [-0.2, -0.15) is 0 Å². The number of aromatic nitrogens is 3. The van der Waals surface area contributed by atoms with E-state index in [-0.39, 0.29) is 18.5 Å². The van der Waals surface area contributed by atoms with Crippen LogP contribution in [0.3, 0.4) is 0 Å². The van der Waals surface area contributed by atoms with Crippen molar-refractivity contribution in [2.24, 2.45) is 11.7 Å². The first kappa shape index (κ1) is 14.1. The van der Waals surface area contributed by atoms with E-state index in [0.717, 1.165) is 0 Å². The molecule has 1 atom stereocenters. The number of nitrogens with zero attached hydrogens (tertiary/aromatic N) is 3. The molecule has 1 rings (SSSR count). The Morgan fingerprint density at radius 3 is 2.72 bits per heavy atom. The fraction of sp³-hybridized carbons (Fsp3) is 0.600. The van der Waals surface area contributed by atoms with Gasteiger partial charge in [0.2, 0.25) is 5.91 Å². The molecule has 1 unspecified atom stereocenters. The van der Waals surface area contributed by atoms with Crippen LogP contribution in [0.2, 0.25) is 0 Å². The maximum atomic E-state index is 11.4. The van der Waals surface area contributed by atoms with Crippen molar-refractivity contribution in [3.8, 4) is 0 Å². The van der Waals surface area contributed by atoms with Crippen LogP contribution in [-0.4, -0.2) is 34.0 Å². The second-order valence-electron chi connectivity index (χ2n) is 4.24. The molecule has 0 aliphatic rings. The van der Waals surface area contributed by atoms with E-state index in [1.165, 1.54) is 11.7 Å². The molecule has 8 heteroatoms. The Labute approximate surface area is 105 Å². The van der Waals surface area contributed by atoms with Crippen molar-refractivity contribution in [3.05, 3.63) is 11.9 Å². The van der Waals surface area contributed by atoms with Crippen molar-refractivity contribution in [1.29, 1.82) is 0 Å². The Morgan fingerprint density at radius 2 is 2.17 bits per heavy atom. The molecule has 0 spiro atoms. The van der Waals surface area contributed by atoms with Crippen LogP contribution in [0.4, 0.5) is 4.79 Å². The number of hydrogen-bond acceptors (Lipinski definition) is 5. The fourth-order valence-corrected chi connectivity index (χ4v) is 1.26. The number of nitrogens with two attached hydrogens (primary N) is 1. The minimum absolute atomic E-state index is 0.0781. The van der Waals surface area contributed by atoms with E-state index in [4.69, 9.17) is 5.73 Å². The van der Waals surface area contributed by atoms with Crippen molar-refractivity contribution >= 4 is 11.9 Å². The first-order chi connectivity index (χ1) is 8.43. The summed E-state index contributed by atoms with van der Waals surface area (Å²) >= 11 is 0. The van der Waals surface area contributed by atoms with Crippen LogP contribution in [0, 0.1) is 5.92 Å². The van der Waals surface area contributed by atoms with Gasteiger partial charge in [-0.3, -0.25) is 10.1 Å². The van der Waals surface area contributed by atoms with Gasteiger partial charge in [0.25, 0.3) is 0 Å². The summed E-state index contributed by atoms with van der Waals surface area (Å²) in [7, 11) is 1.43. The normalized spacial score (nSPS) is 12.3. The molecule has 0 aliphatic carbocycles. The Morgan fingerprint density at radius 1 is 1.50 bits per heavy atom.